The first-order valence-corrected chi connectivity index (χ1v) is 7.31. The topological polar surface area (TPSA) is 52.7 Å². The van der Waals surface area contributed by atoms with Gasteiger partial charge in [0.05, 0.1) is 0 Å². The quantitative estimate of drug-likeness (QED) is 0.620. The molecule has 6 heteroatoms. The molecule has 0 aliphatic carbocycles. The largest absolute Gasteiger partial charge is 0.319 e. The van der Waals surface area contributed by atoms with E-state index in [1.54, 1.807) is 31.1 Å². The van der Waals surface area contributed by atoms with Crippen molar-refractivity contribution >= 4 is 11.8 Å². The van der Waals surface area contributed by atoms with Gasteiger partial charge in [-0.15, -0.1) is 10.2 Å². The summed E-state index contributed by atoms with van der Waals surface area (Å²) < 4.78 is 3.48. The van der Waals surface area contributed by atoms with Gasteiger partial charge in [-0.05, 0) is 12.5 Å². The Bertz CT molecular complexity index is 617. The van der Waals surface area contributed by atoms with Gasteiger partial charge in [-0.1, -0.05) is 25.1 Å². The monoisotopic (exact) mass is 278 g/mol. The first-order valence-electron chi connectivity index (χ1n) is 6.32. The number of aryl methyl sites for hydroxylation is 1. The third kappa shape index (κ3) is 3.07. The first-order chi connectivity index (χ1) is 9.13. The Kier molecular flexibility index (Phi) is 4.42. The van der Waals surface area contributed by atoms with Crippen LogP contribution in [0.3, 0.4) is 0 Å². The third-order valence-corrected chi connectivity index (χ3v) is 4.03. The van der Waals surface area contributed by atoms with Crippen LogP contribution in [0.4, 0.5) is 0 Å². The van der Waals surface area contributed by atoms with Gasteiger partial charge in [0, 0.05) is 37.7 Å². The van der Waals surface area contributed by atoms with Gasteiger partial charge in [0.25, 0.3) is 5.56 Å². The van der Waals surface area contributed by atoms with Gasteiger partial charge >= 0.3 is 0 Å². The molecule has 0 aliphatic rings. The van der Waals surface area contributed by atoms with Crippen molar-refractivity contribution in [1.82, 2.24) is 19.3 Å². The molecular formula is C13H18N4OS. The summed E-state index contributed by atoms with van der Waals surface area (Å²) in [6.45, 7) is 2.17. The molecule has 0 fully saturated rings. The van der Waals surface area contributed by atoms with E-state index in [9.17, 15) is 4.79 Å². The van der Waals surface area contributed by atoms with Gasteiger partial charge in [0.1, 0.15) is 0 Å². The van der Waals surface area contributed by atoms with Crippen molar-refractivity contribution < 1.29 is 0 Å². The second-order valence-corrected chi connectivity index (χ2v) is 5.49. The molecule has 0 amide bonds. The molecule has 0 atom stereocenters. The number of nitrogens with zero attached hydrogens (tertiary/aromatic N) is 4. The molecule has 102 valence electrons. The van der Waals surface area contributed by atoms with Crippen LogP contribution in [-0.4, -0.2) is 25.1 Å². The molecule has 0 N–H and O–H groups in total. The van der Waals surface area contributed by atoms with Gasteiger partial charge in [0.15, 0.2) is 11.0 Å². The van der Waals surface area contributed by atoms with Crippen LogP contribution in [-0.2, 0) is 14.1 Å². The number of hydrogen-bond acceptors (Lipinski definition) is 4. The second-order valence-electron chi connectivity index (χ2n) is 4.43. The molecule has 0 saturated carbocycles. The zero-order chi connectivity index (χ0) is 13.8. The summed E-state index contributed by atoms with van der Waals surface area (Å²) in [5.74, 6) is 1.77. The molecule has 0 saturated heterocycles. The van der Waals surface area contributed by atoms with Crippen LogP contribution in [0.25, 0.3) is 11.4 Å². The highest BCUT2D eigenvalue weighted by Crippen LogP contribution is 2.22. The number of pyridine rings is 1. The molecule has 0 aromatic carbocycles. The van der Waals surface area contributed by atoms with E-state index in [2.05, 4.69) is 17.1 Å². The molecule has 2 rings (SSSR count). The van der Waals surface area contributed by atoms with E-state index in [1.165, 1.54) is 17.4 Å². The van der Waals surface area contributed by atoms with Crippen LogP contribution in [0.15, 0.2) is 28.3 Å². The number of hydrogen-bond donors (Lipinski definition) is 0. The molecular weight excluding hydrogens is 260 g/mol. The number of aromatic nitrogens is 4. The van der Waals surface area contributed by atoms with Crippen LogP contribution < -0.4 is 5.56 Å². The van der Waals surface area contributed by atoms with E-state index in [1.807, 2.05) is 17.7 Å². The van der Waals surface area contributed by atoms with Crippen LogP contribution in [0, 0.1) is 0 Å². The highest BCUT2D eigenvalue weighted by atomic mass is 32.2. The van der Waals surface area contributed by atoms with Gasteiger partial charge in [-0.2, -0.15) is 0 Å². The molecule has 2 aromatic heterocycles. The van der Waals surface area contributed by atoms with Crippen LogP contribution >= 0.6 is 11.8 Å². The van der Waals surface area contributed by atoms with Crippen molar-refractivity contribution in [3.63, 3.8) is 0 Å². The highest BCUT2D eigenvalue weighted by molar-refractivity contribution is 7.99. The summed E-state index contributed by atoms with van der Waals surface area (Å²) in [7, 11) is 3.66. The smallest absolute Gasteiger partial charge is 0.250 e. The predicted molar refractivity (Wildman–Crippen MR) is 77.3 cm³/mol. The fourth-order valence-electron chi connectivity index (χ4n) is 1.69. The van der Waals surface area contributed by atoms with Crippen molar-refractivity contribution in [3.8, 4) is 11.4 Å². The van der Waals surface area contributed by atoms with Crippen molar-refractivity contribution in [2.24, 2.45) is 14.1 Å². The third-order valence-electron chi connectivity index (χ3n) is 2.93. The lowest BCUT2D eigenvalue weighted by Crippen LogP contribution is -2.14. The number of thioether (sulfide) groups is 1. The summed E-state index contributed by atoms with van der Waals surface area (Å²) in [6, 6.07) is 3.47. The van der Waals surface area contributed by atoms with Crippen LogP contribution in [0.2, 0.25) is 0 Å². The SMILES string of the molecule is CCCCSc1nnc(-c2ccn(C)c(=O)c2)n1C. The van der Waals surface area contributed by atoms with E-state index in [-0.39, 0.29) is 5.56 Å². The predicted octanol–water partition coefficient (Wildman–Crippen LogP) is 2.07. The normalized spacial score (nSPS) is 10.9. The first kappa shape index (κ1) is 13.9. The number of unbranched alkanes of at least 4 members (excludes halogenated alkanes) is 1. The minimum atomic E-state index is -0.0410. The summed E-state index contributed by atoms with van der Waals surface area (Å²) >= 11 is 1.70. The van der Waals surface area contributed by atoms with Crippen molar-refractivity contribution in [2.45, 2.75) is 24.9 Å². The van der Waals surface area contributed by atoms with E-state index in [4.69, 9.17) is 0 Å². The van der Waals surface area contributed by atoms with E-state index in [0.29, 0.717) is 0 Å². The zero-order valence-corrected chi connectivity index (χ0v) is 12.3. The van der Waals surface area contributed by atoms with E-state index in [0.717, 1.165) is 22.3 Å². The van der Waals surface area contributed by atoms with Crippen molar-refractivity contribution in [3.05, 3.63) is 28.7 Å². The molecule has 5 nitrogen and oxygen atoms in total. The lowest BCUT2D eigenvalue weighted by molar-refractivity contribution is 0.789. The lowest BCUT2D eigenvalue weighted by Gasteiger charge is -2.04. The fraction of sp³-hybridized carbons (Fsp3) is 0.462. The Morgan fingerprint density at radius 1 is 1.32 bits per heavy atom. The Balaban J connectivity index is 2.25. The Labute approximate surface area is 116 Å². The Morgan fingerprint density at radius 2 is 2.11 bits per heavy atom. The maximum absolute atomic E-state index is 11.6. The average molecular weight is 278 g/mol. The summed E-state index contributed by atoms with van der Waals surface area (Å²) in [5, 5.41) is 9.26. The van der Waals surface area contributed by atoms with Gasteiger partial charge < -0.3 is 9.13 Å². The summed E-state index contributed by atoms with van der Waals surface area (Å²) in [4.78, 5) is 11.6. The standard InChI is InChI=1S/C13H18N4OS/c1-4-5-8-19-13-15-14-12(17(13)3)10-6-7-16(2)11(18)9-10/h6-7,9H,4-5,8H2,1-3H3. The molecule has 2 aromatic rings. The average Bonchev–Trinajstić information content (AvgIpc) is 2.75. The second kappa shape index (κ2) is 6.06. The Morgan fingerprint density at radius 3 is 2.79 bits per heavy atom. The van der Waals surface area contributed by atoms with Crippen LogP contribution in [0.5, 0.6) is 0 Å². The summed E-state index contributed by atoms with van der Waals surface area (Å²) in [5.41, 5.74) is 0.765. The number of rotatable bonds is 5. The van der Waals surface area contributed by atoms with Gasteiger partial charge in [-0.25, -0.2) is 0 Å². The maximum Gasteiger partial charge on any atom is 0.250 e. The van der Waals surface area contributed by atoms with Gasteiger partial charge in [0.2, 0.25) is 0 Å². The maximum atomic E-state index is 11.6. The summed E-state index contributed by atoms with van der Waals surface area (Å²) in [6.07, 6.45) is 4.08. The zero-order valence-electron chi connectivity index (χ0n) is 11.5. The van der Waals surface area contributed by atoms with E-state index >= 15 is 0 Å². The Hall–Kier alpha value is -1.56. The lowest BCUT2D eigenvalue weighted by atomic mass is 10.2. The molecule has 0 radical (unpaired) electrons. The van der Waals surface area contributed by atoms with Gasteiger partial charge in [-0.3, -0.25) is 4.79 Å². The van der Waals surface area contributed by atoms with Crippen molar-refractivity contribution in [2.75, 3.05) is 5.75 Å². The fourth-order valence-corrected chi connectivity index (χ4v) is 2.68. The minimum Gasteiger partial charge on any atom is -0.319 e. The highest BCUT2D eigenvalue weighted by Gasteiger charge is 2.11. The van der Waals surface area contributed by atoms with E-state index < -0.39 is 0 Å². The molecule has 0 bridgehead atoms. The molecule has 2 heterocycles. The molecule has 0 spiro atoms. The molecule has 0 aliphatic heterocycles. The molecule has 19 heavy (non-hydrogen) atoms. The molecule has 0 unspecified atom stereocenters. The van der Waals surface area contributed by atoms with Crippen LogP contribution in [0.1, 0.15) is 19.8 Å². The minimum absolute atomic E-state index is 0.0410. The van der Waals surface area contributed by atoms with Crippen molar-refractivity contribution in [1.29, 1.82) is 0 Å².